The van der Waals surface area contributed by atoms with E-state index < -0.39 is 5.41 Å². The Hall–Kier alpha value is -5.10. The van der Waals surface area contributed by atoms with Gasteiger partial charge in [0.2, 0.25) is 0 Å². The number of nitriles is 1. The van der Waals surface area contributed by atoms with Crippen molar-refractivity contribution < 1.29 is 0 Å². The predicted octanol–water partition coefficient (Wildman–Crippen LogP) is 5.81. The second-order valence-electron chi connectivity index (χ2n) is 9.43. The molecule has 0 atom stereocenters. The van der Waals surface area contributed by atoms with Gasteiger partial charge in [0.15, 0.2) is 5.65 Å². The van der Waals surface area contributed by atoms with Crippen molar-refractivity contribution >= 4 is 33.7 Å². The second-order valence-corrected chi connectivity index (χ2v) is 9.43. The van der Waals surface area contributed by atoms with E-state index in [1.54, 1.807) is 12.5 Å². The molecule has 0 bridgehead atoms. The molecule has 0 saturated carbocycles. The fourth-order valence-corrected chi connectivity index (χ4v) is 4.29. The first kappa shape index (κ1) is 22.4. The van der Waals surface area contributed by atoms with Crippen LogP contribution < -0.4 is 5.32 Å². The van der Waals surface area contributed by atoms with Crippen LogP contribution in [0.3, 0.4) is 0 Å². The van der Waals surface area contributed by atoms with Gasteiger partial charge in [-0.15, -0.1) is 0 Å². The molecule has 0 spiro atoms. The maximum absolute atomic E-state index is 9.51. The number of pyridine rings is 1. The highest BCUT2D eigenvalue weighted by Gasteiger charge is 2.21. The Bertz CT molecular complexity index is 1820. The summed E-state index contributed by atoms with van der Waals surface area (Å²) in [4.78, 5) is 29.0. The predicted molar refractivity (Wildman–Crippen MR) is 143 cm³/mol. The zero-order valence-corrected chi connectivity index (χ0v) is 20.5. The minimum atomic E-state index is -0.577. The summed E-state index contributed by atoms with van der Waals surface area (Å²) in [5.41, 5.74) is 7.87. The SMILES string of the molecule is Cc1ccc(-c2nc3ccc(C(C)(C)C#N)cc3[nH]2)cc1Nc1ncccc1-c1ncnc2[nH]cnc12. The number of nitrogens with one attached hydrogen (secondary N) is 3. The fourth-order valence-electron chi connectivity index (χ4n) is 4.29. The summed E-state index contributed by atoms with van der Waals surface area (Å²) in [5.74, 6) is 1.42. The summed E-state index contributed by atoms with van der Waals surface area (Å²) in [7, 11) is 0. The molecular weight excluding hydrogens is 462 g/mol. The number of nitrogens with zero attached hydrogens (tertiary/aromatic N) is 6. The number of hydrogen-bond acceptors (Lipinski definition) is 7. The largest absolute Gasteiger partial charge is 0.339 e. The Morgan fingerprint density at radius 1 is 1.00 bits per heavy atom. The molecule has 0 radical (unpaired) electrons. The van der Waals surface area contributed by atoms with Gasteiger partial charge in [-0.3, -0.25) is 0 Å². The van der Waals surface area contributed by atoms with E-state index in [0.29, 0.717) is 22.7 Å². The normalized spacial score (nSPS) is 11.6. The topological polar surface area (TPSA) is 132 Å². The number of hydrogen-bond donors (Lipinski definition) is 3. The van der Waals surface area contributed by atoms with Crippen molar-refractivity contribution in [1.82, 2.24) is 34.9 Å². The van der Waals surface area contributed by atoms with E-state index in [1.165, 1.54) is 6.33 Å². The van der Waals surface area contributed by atoms with Gasteiger partial charge in [-0.25, -0.2) is 24.9 Å². The lowest BCUT2D eigenvalue weighted by molar-refractivity contribution is 0.688. The summed E-state index contributed by atoms with van der Waals surface area (Å²) in [5, 5.41) is 13.0. The third kappa shape index (κ3) is 3.94. The quantitative estimate of drug-likeness (QED) is 0.281. The molecule has 0 unspecified atom stereocenters. The molecule has 3 N–H and O–H groups in total. The summed E-state index contributed by atoms with van der Waals surface area (Å²) >= 11 is 0. The van der Waals surface area contributed by atoms with Crippen LogP contribution in [0.15, 0.2) is 67.4 Å². The molecule has 6 rings (SSSR count). The molecule has 0 aliphatic heterocycles. The average molecular weight is 486 g/mol. The molecule has 4 heterocycles. The van der Waals surface area contributed by atoms with Gasteiger partial charge < -0.3 is 15.3 Å². The molecule has 9 heteroatoms. The maximum Gasteiger partial charge on any atom is 0.161 e. The first-order valence-electron chi connectivity index (χ1n) is 11.8. The number of imidazole rings is 2. The minimum absolute atomic E-state index is 0.577. The Morgan fingerprint density at radius 2 is 1.89 bits per heavy atom. The van der Waals surface area contributed by atoms with Crippen molar-refractivity contribution in [2.24, 2.45) is 0 Å². The molecule has 0 amide bonds. The Labute approximate surface area is 212 Å². The standard InChI is InChI=1S/C28H23N9/c1-16-6-7-17(25-35-20-9-8-18(12-22(20)37-25)28(2,3)13-29)11-21(16)36-26-19(5-4-10-30-26)23-24-27(33-14-31-23)34-15-32-24/h4-12,14-15H,1-3H3,(H,30,36)(H,35,37)(H,31,32,33,34). The third-order valence-electron chi connectivity index (χ3n) is 6.53. The van der Waals surface area contributed by atoms with Gasteiger partial charge >= 0.3 is 0 Å². The van der Waals surface area contributed by atoms with E-state index in [4.69, 9.17) is 4.98 Å². The van der Waals surface area contributed by atoms with Gasteiger partial charge in [0.05, 0.1) is 28.8 Å². The van der Waals surface area contributed by atoms with E-state index in [1.807, 2.05) is 63.2 Å². The number of rotatable bonds is 5. The lowest BCUT2D eigenvalue weighted by Gasteiger charge is -2.15. The molecule has 2 aromatic carbocycles. The van der Waals surface area contributed by atoms with Crippen LogP contribution in [0.1, 0.15) is 25.0 Å². The molecular formula is C28H23N9. The van der Waals surface area contributed by atoms with Gasteiger partial charge in [0.25, 0.3) is 0 Å². The third-order valence-corrected chi connectivity index (χ3v) is 6.53. The highest BCUT2D eigenvalue weighted by molar-refractivity contribution is 5.91. The van der Waals surface area contributed by atoms with Crippen molar-refractivity contribution in [2.75, 3.05) is 5.32 Å². The zero-order valence-electron chi connectivity index (χ0n) is 20.5. The van der Waals surface area contributed by atoms with Crippen LogP contribution >= 0.6 is 0 Å². The first-order valence-corrected chi connectivity index (χ1v) is 11.8. The number of aromatic amines is 2. The Kier molecular flexibility index (Phi) is 5.16. The number of aromatic nitrogens is 7. The van der Waals surface area contributed by atoms with E-state index >= 15 is 0 Å². The van der Waals surface area contributed by atoms with Crippen LogP contribution in [-0.2, 0) is 5.41 Å². The van der Waals surface area contributed by atoms with Gasteiger partial charge in [-0.1, -0.05) is 18.2 Å². The molecule has 9 nitrogen and oxygen atoms in total. The molecule has 0 aliphatic rings. The van der Waals surface area contributed by atoms with Gasteiger partial charge in [0.1, 0.15) is 29.2 Å². The summed E-state index contributed by atoms with van der Waals surface area (Å²) in [6.45, 7) is 5.86. The summed E-state index contributed by atoms with van der Waals surface area (Å²) in [6.07, 6.45) is 4.87. The lowest BCUT2D eigenvalue weighted by Crippen LogP contribution is -2.13. The summed E-state index contributed by atoms with van der Waals surface area (Å²) < 4.78 is 0. The van der Waals surface area contributed by atoms with Crippen molar-refractivity contribution in [1.29, 1.82) is 5.26 Å². The molecule has 0 fully saturated rings. The molecule has 4 aromatic heterocycles. The molecule has 0 aliphatic carbocycles. The maximum atomic E-state index is 9.51. The lowest BCUT2D eigenvalue weighted by atomic mass is 9.86. The first-order chi connectivity index (χ1) is 17.9. The highest BCUT2D eigenvalue weighted by Crippen LogP contribution is 2.33. The van der Waals surface area contributed by atoms with Crippen LogP contribution in [-0.4, -0.2) is 34.9 Å². The van der Waals surface area contributed by atoms with Gasteiger partial charge in [-0.2, -0.15) is 5.26 Å². The minimum Gasteiger partial charge on any atom is -0.339 e. The van der Waals surface area contributed by atoms with Crippen LogP contribution in [0.25, 0.3) is 44.8 Å². The van der Waals surface area contributed by atoms with E-state index in [-0.39, 0.29) is 0 Å². The zero-order chi connectivity index (χ0) is 25.6. The fraction of sp³-hybridized carbons (Fsp3) is 0.143. The Morgan fingerprint density at radius 3 is 2.76 bits per heavy atom. The molecule has 0 saturated heterocycles. The molecule has 37 heavy (non-hydrogen) atoms. The van der Waals surface area contributed by atoms with Crippen molar-refractivity contribution in [3.8, 4) is 28.7 Å². The number of fused-ring (bicyclic) bond motifs is 2. The van der Waals surface area contributed by atoms with Crippen LogP contribution in [0.2, 0.25) is 0 Å². The van der Waals surface area contributed by atoms with Crippen molar-refractivity contribution in [2.45, 2.75) is 26.2 Å². The second kappa shape index (κ2) is 8.53. The van der Waals surface area contributed by atoms with E-state index in [0.717, 1.165) is 44.8 Å². The molecule has 6 aromatic rings. The number of aryl methyl sites for hydroxylation is 1. The van der Waals surface area contributed by atoms with Gasteiger partial charge in [-0.05, 0) is 62.2 Å². The van der Waals surface area contributed by atoms with Crippen molar-refractivity contribution in [3.63, 3.8) is 0 Å². The van der Waals surface area contributed by atoms with Crippen LogP contribution in [0.5, 0.6) is 0 Å². The number of benzene rings is 2. The number of anilines is 2. The Balaban J connectivity index is 1.38. The summed E-state index contributed by atoms with van der Waals surface area (Å²) in [6, 6.07) is 18.3. The smallest absolute Gasteiger partial charge is 0.161 e. The van der Waals surface area contributed by atoms with Gasteiger partial charge in [0, 0.05) is 23.0 Å². The monoisotopic (exact) mass is 485 g/mol. The highest BCUT2D eigenvalue weighted by atomic mass is 15.0. The number of H-pyrrole nitrogens is 2. The van der Waals surface area contributed by atoms with Crippen LogP contribution in [0, 0.1) is 18.3 Å². The van der Waals surface area contributed by atoms with Crippen molar-refractivity contribution in [3.05, 3.63) is 78.5 Å². The average Bonchev–Trinajstić information content (AvgIpc) is 3.57. The van der Waals surface area contributed by atoms with E-state index in [9.17, 15) is 5.26 Å². The van der Waals surface area contributed by atoms with E-state index in [2.05, 4.69) is 47.4 Å². The molecule has 180 valence electrons. The van der Waals surface area contributed by atoms with Crippen LogP contribution in [0.4, 0.5) is 11.5 Å².